The van der Waals surface area contributed by atoms with Gasteiger partial charge in [0, 0.05) is 0 Å². The summed E-state index contributed by atoms with van der Waals surface area (Å²) in [6, 6.07) is 32.3. The molecule has 0 bridgehead atoms. The zero-order valence-electron chi connectivity index (χ0n) is 19.1. The van der Waals surface area contributed by atoms with E-state index in [1.165, 1.54) is 5.39 Å². The predicted molar refractivity (Wildman–Crippen MR) is 135 cm³/mol. The maximum atomic E-state index is 12.2. The average Bonchev–Trinajstić information content (AvgIpc) is 2.89. The number of piperidine rings is 1. The normalized spacial score (nSPS) is 17.4. The Morgan fingerprint density at radius 2 is 1.62 bits per heavy atom. The number of benzene rings is 4. The lowest BCUT2D eigenvalue weighted by molar-refractivity contribution is -0.145. The van der Waals surface area contributed by atoms with Crippen LogP contribution in [0.15, 0.2) is 97.1 Å². The first-order valence-corrected chi connectivity index (χ1v) is 11.9. The molecule has 1 N–H and O–H groups in total. The van der Waals surface area contributed by atoms with Crippen molar-refractivity contribution in [3.63, 3.8) is 0 Å². The number of fused-ring (bicyclic) bond motifs is 1. The second kappa shape index (κ2) is 10.1. The van der Waals surface area contributed by atoms with Gasteiger partial charge in [-0.05, 0) is 65.0 Å². The van der Waals surface area contributed by atoms with Crippen LogP contribution < -0.4 is 4.74 Å². The van der Waals surface area contributed by atoms with Gasteiger partial charge in [-0.3, -0.25) is 9.69 Å². The van der Waals surface area contributed by atoms with Crippen LogP contribution in [0.25, 0.3) is 10.8 Å². The van der Waals surface area contributed by atoms with Crippen molar-refractivity contribution in [2.45, 2.75) is 38.0 Å². The largest absolute Gasteiger partial charge is 0.489 e. The Labute approximate surface area is 200 Å². The molecule has 0 radical (unpaired) electrons. The molecule has 0 spiro atoms. The number of aliphatic carboxylic acids is 1. The molecular weight excluding hydrogens is 422 g/mol. The molecule has 4 aromatic rings. The number of rotatable bonds is 7. The molecule has 4 heteroatoms. The summed E-state index contributed by atoms with van der Waals surface area (Å²) in [5.74, 6) is 0.0398. The Bertz CT molecular complexity index is 1270. The highest BCUT2D eigenvalue weighted by molar-refractivity contribution is 5.83. The maximum absolute atomic E-state index is 12.2. The molecule has 1 fully saturated rings. The molecule has 1 saturated heterocycles. The van der Waals surface area contributed by atoms with Gasteiger partial charge in [0.05, 0.1) is 6.04 Å². The molecule has 0 amide bonds. The summed E-state index contributed by atoms with van der Waals surface area (Å²) in [4.78, 5) is 14.4. The van der Waals surface area contributed by atoms with Gasteiger partial charge in [0.2, 0.25) is 0 Å². The van der Waals surface area contributed by atoms with E-state index < -0.39 is 12.0 Å². The molecule has 34 heavy (non-hydrogen) atoms. The van der Waals surface area contributed by atoms with E-state index in [-0.39, 0.29) is 6.04 Å². The van der Waals surface area contributed by atoms with Crippen LogP contribution >= 0.6 is 0 Å². The van der Waals surface area contributed by atoms with Gasteiger partial charge in [0.25, 0.3) is 0 Å². The molecular formula is C30H29NO3. The second-order valence-corrected chi connectivity index (χ2v) is 8.94. The van der Waals surface area contributed by atoms with Crippen LogP contribution in [0, 0.1) is 0 Å². The molecule has 5 rings (SSSR count). The van der Waals surface area contributed by atoms with Crippen LogP contribution in [0.3, 0.4) is 0 Å². The van der Waals surface area contributed by atoms with Crippen LogP contribution in [0.1, 0.15) is 42.0 Å². The van der Waals surface area contributed by atoms with Crippen LogP contribution in [0.4, 0.5) is 0 Å². The van der Waals surface area contributed by atoms with Crippen LogP contribution in [-0.2, 0) is 11.4 Å². The number of hydrogen-bond donors (Lipinski definition) is 1. The van der Waals surface area contributed by atoms with Crippen molar-refractivity contribution >= 4 is 16.7 Å². The first kappa shape index (κ1) is 22.2. The number of carboxylic acid groups (broad SMARTS) is 1. The van der Waals surface area contributed by atoms with E-state index in [1.807, 2.05) is 54.6 Å². The van der Waals surface area contributed by atoms with Crippen molar-refractivity contribution in [3.05, 3.63) is 114 Å². The fourth-order valence-electron chi connectivity index (χ4n) is 5.00. The average molecular weight is 452 g/mol. The Morgan fingerprint density at radius 3 is 2.44 bits per heavy atom. The van der Waals surface area contributed by atoms with Crippen molar-refractivity contribution in [2.75, 3.05) is 6.54 Å². The van der Waals surface area contributed by atoms with E-state index in [4.69, 9.17) is 4.74 Å². The Kier molecular flexibility index (Phi) is 6.59. The number of carboxylic acids is 1. The molecule has 2 atom stereocenters. The summed E-state index contributed by atoms with van der Waals surface area (Å²) in [5, 5.41) is 12.4. The quantitative estimate of drug-likeness (QED) is 0.351. The lowest BCUT2D eigenvalue weighted by atomic mass is 9.90. The zero-order valence-corrected chi connectivity index (χ0v) is 19.1. The SMILES string of the molecule is O=C(O)C1CCCCN1C(c1cccc(OCc2ccccc2)c1)c1ccc2ccccc2c1. The molecule has 1 aliphatic rings. The van der Waals surface area contributed by atoms with E-state index in [1.54, 1.807) is 0 Å². The number of ether oxygens (including phenoxy) is 1. The van der Waals surface area contributed by atoms with E-state index in [9.17, 15) is 9.90 Å². The minimum absolute atomic E-state index is 0.161. The van der Waals surface area contributed by atoms with Crippen molar-refractivity contribution in [2.24, 2.45) is 0 Å². The van der Waals surface area contributed by atoms with Gasteiger partial charge in [0.1, 0.15) is 18.4 Å². The van der Waals surface area contributed by atoms with Crippen molar-refractivity contribution in [3.8, 4) is 5.75 Å². The number of hydrogen-bond acceptors (Lipinski definition) is 3. The molecule has 172 valence electrons. The van der Waals surface area contributed by atoms with E-state index >= 15 is 0 Å². The highest BCUT2D eigenvalue weighted by atomic mass is 16.5. The summed E-state index contributed by atoms with van der Waals surface area (Å²) in [6.45, 7) is 1.25. The molecule has 0 saturated carbocycles. The summed E-state index contributed by atoms with van der Waals surface area (Å²) in [6.07, 6.45) is 2.61. The molecule has 2 unspecified atom stereocenters. The minimum atomic E-state index is -0.748. The lowest BCUT2D eigenvalue weighted by Gasteiger charge is -2.39. The second-order valence-electron chi connectivity index (χ2n) is 8.94. The zero-order chi connectivity index (χ0) is 23.3. The number of nitrogens with zero attached hydrogens (tertiary/aromatic N) is 1. The minimum Gasteiger partial charge on any atom is -0.489 e. The fourth-order valence-corrected chi connectivity index (χ4v) is 5.00. The van der Waals surface area contributed by atoms with Gasteiger partial charge in [-0.25, -0.2) is 0 Å². The predicted octanol–water partition coefficient (Wildman–Crippen LogP) is 6.45. The van der Waals surface area contributed by atoms with Crippen molar-refractivity contribution in [1.29, 1.82) is 0 Å². The molecule has 4 aromatic carbocycles. The Morgan fingerprint density at radius 1 is 0.853 bits per heavy atom. The van der Waals surface area contributed by atoms with Crippen molar-refractivity contribution in [1.82, 2.24) is 4.90 Å². The summed E-state index contributed by atoms with van der Waals surface area (Å²) >= 11 is 0. The van der Waals surface area contributed by atoms with E-state index in [2.05, 4.69) is 47.4 Å². The van der Waals surface area contributed by atoms with Crippen LogP contribution in [0.5, 0.6) is 5.75 Å². The van der Waals surface area contributed by atoms with Gasteiger partial charge < -0.3 is 9.84 Å². The first-order chi connectivity index (χ1) is 16.7. The van der Waals surface area contributed by atoms with Crippen LogP contribution in [-0.4, -0.2) is 28.6 Å². The molecule has 1 heterocycles. The molecule has 1 aliphatic heterocycles. The Hall–Kier alpha value is -3.63. The fraction of sp³-hybridized carbons (Fsp3) is 0.233. The monoisotopic (exact) mass is 451 g/mol. The van der Waals surface area contributed by atoms with Gasteiger partial charge in [-0.1, -0.05) is 85.3 Å². The number of carbonyl (C=O) groups is 1. The number of likely N-dealkylation sites (tertiary alicyclic amines) is 1. The highest BCUT2D eigenvalue weighted by Crippen LogP contribution is 2.36. The van der Waals surface area contributed by atoms with Crippen LogP contribution in [0.2, 0.25) is 0 Å². The van der Waals surface area contributed by atoms with Gasteiger partial charge in [-0.15, -0.1) is 0 Å². The third kappa shape index (κ3) is 4.82. The maximum Gasteiger partial charge on any atom is 0.320 e. The lowest BCUT2D eigenvalue weighted by Crippen LogP contribution is -2.46. The van der Waals surface area contributed by atoms with Gasteiger partial charge in [0.15, 0.2) is 0 Å². The molecule has 0 aliphatic carbocycles. The van der Waals surface area contributed by atoms with E-state index in [0.717, 1.165) is 47.2 Å². The third-order valence-corrected chi connectivity index (χ3v) is 6.67. The summed E-state index contributed by atoms with van der Waals surface area (Å²) in [5.41, 5.74) is 3.27. The topological polar surface area (TPSA) is 49.8 Å². The highest BCUT2D eigenvalue weighted by Gasteiger charge is 2.35. The summed E-state index contributed by atoms with van der Waals surface area (Å²) < 4.78 is 6.12. The Balaban J connectivity index is 1.53. The first-order valence-electron chi connectivity index (χ1n) is 11.9. The third-order valence-electron chi connectivity index (χ3n) is 6.67. The molecule has 0 aromatic heterocycles. The van der Waals surface area contributed by atoms with E-state index in [0.29, 0.717) is 13.0 Å². The summed E-state index contributed by atoms with van der Waals surface area (Å²) in [7, 11) is 0. The smallest absolute Gasteiger partial charge is 0.320 e. The van der Waals surface area contributed by atoms with Crippen molar-refractivity contribution < 1.29 is 14.6 Å². The van der Waals surface area contributed by atoms with Gasteiger partial charge >= 0.3 is 5.97 Å². The standard InChI is InChI=1S/C30H29NO3/c32-30(33)28-15-6-7-18-31(28)29(26-17-16-23-11-4-5-12-24(23)19-26)25-13-8-14-27(20-25)34-21-22-9-2-1-3-10-22/h1-5,8-14,16-17,19-20,28-29H,6-7,15,18,21H2,(H,32,33). The van der Waals surface area contributed by atoms with Gasteiger partial charge in [-0.2, -0.15) is 0 Å². The molecule has 4 nitrogen and oxygen atoms in total.